The fraction of sp³-hybridized carbons (Fsp3) is 0.0345. The van der Waals surface area contributed by atoms with Crippen LogP contribution in [0.25, 0.3) is 43.1 Å². The van der Waals surface area contributed by atoms with Crippen LogP contribution in [0, 0.1) is 0 Å². The van der Waals surface area contributed by atoms with Crippen molar-refractivity contribution in [3.63, 3.8) is 0 Å². The molecule has 8 heteroatoms. The van der Waals surface area contributed by atoms with E-state index in [1.54, 1.807) is 24.3 Å². The largest absolute Gasteiger partial charge is 0.437 e. The normalized spacial score (nSPS) is 13.0. The Bertz CT molecular complexity index is 3280. The van der Waals surface area contributed by atoms with Gasteiger partial charge in [-0.1, -0.05) is 158 Å². The summed E-state index contributed by atoms with van der Waals surface area (Å²) in [5.74, 6) is 0.853. The summed E-state index contributed by atoms with van der Waals surface area (Å²) in [6.45, 7) is 0. The third-order valence-corrected chi connectivity index (χ3v) is 17.4. The third kappa shape index (κ3) is 7.16. The summed E-state index contributed by atoms with van der Waals surface area (Å²) >= 11 is 0. The second-order valence-electron chi connectivity index (χ2n) is 16.4. The second-order valence-corrected chi connectivity index (χ2v) is 21.1. The van der Waals surface area contributed by atoms with E-state index in [0.29, 0.717) is 43.8 Å². The summed E-state index contributed by atoms with van der Waals surface area (Å²) < 4.78 is 42.1. The van der Waals surface area contributed by atoms with Gasteiger partial charge in [0.2, 0.25) is 0 Å². The molecule has 0 heterocycles. The summed E-state index contributed by atoms with van der Waals surface area (Å²) in [6.07, 6.45) is -2.01. The molecule has 11 aromatic carbocycles. The number of rotatable bonds is 12. The minimum atomic E-state index is -3.50. The minimum absolute atomic E-state index is 0.426. The lowest BCUT2D eigenvalue weighted by Gasteiger charge is -2.23. The molecule has 0 aliphatic heterocycles. The molecule has 0 bridgehead atoms. The lowest BCUT2D eigenvalue weighted by atomic mass is 9.83. The molecule has 2 atom stereocenters. The molecule has 11 aromatic rings. The molecule has 0 saturated carbocycles. The Kier molecular flexibility index (Phi) is 10.6. The fourth-order valence-electron chi connectivity index (χ4n) is 9.33. The Balaban J connectivity index is 0.963. The maximum atomic E-state index is 14.7. The predicted octanol–water partition coefficient (Wildman–Crippen LogP) is 12.5. The van der Waals surface area contributed by atoms with E-state index in [1.165, 1.54) is 0 Å². The van der Waals surface area contributed by atoms with Crippen molar-refractivity contribution in [2.45, 2.75) is 12.2 Å². The monoisotopic (exact) mass is 896 g/mol. The Hall–Kier alpha value is -7.30. The quantitative estimate of drug-likeness (QED) is 0.0721. The lowest BCUT2D eigenvalue weighted by Crippen LogP contribution is -2.20. The van der Waals surface area contributed by atoms with Crippen LogP contribution in [-0.4, -0.2) is 10.2 Å². The van der Waals surface area contributed by atoms with Crippen molar-refractivity contribution in [1.29, 1.82) is 0 Å². The standard InChI is InChI=1S/C58H42O6P2/c59-57(41-27-33-43(34-28-41)63-65(61,45-17-5-1-6-18-45)46-19-7-2-8-20-46)51-37-31-39-15-14-26-50-53(39)55(51)49-25-13-16-40-32-38-52(56(50)54(40)49)58(60)42-29-35-44(36-30-42)64-66(62,47-21-9-3-10-22-47)48-23-11-4-12-24-48/h1-38,57-60H. The Morgan fingerprint density at radius 2 is 0.636 bits per heavy atom. The molecule has 0 aliphatic rings. The average molecular weight is 897 g/mol. The van der Waals surface area contributed by atoms with Gasteiger partial charge in [-0.2, -0.15) is 0 Å². The van der Waals surface area contributed by atoms with E-state index in [4.69, 9.17) is 9.05 Å². The minimum Gasteiger partial charge on any atom is -0.437 e. The summed E-state index contributed by atoms with van der Waals surface area (Å²) in [5, 5.41) is 34.8. The number of hydrogen-bond acceptors (Lipinski definition) is 6. The number of fused-ring (bicyclic) bond motifs is 2. The molecular weight excluding hydrogens is 855 g/mol. The van der Waals surface area contributed by atoms with E-state index in [9.17, 15) is 19.3 Å². The molecule has 2 unspecified atom stereocenters. The van der Waals surface area contributed by atoms with Gasteiger partial charge < -0.3 is 19.3 Å². The van der Waals surface area contributed by atoms with Crippen molar-refractivity contribution in [1.82, 2.24) is 0 Å². The molecule has 0 spiro atoms. The van der Waals surface area contributed by atoms with Crippen LogP contribution >= 0.6 is 14.7 Å². The molecule has 0 aliphatic carbocycles. The maximum Gasteiger partial charge on any atom is 0.306 e. The Morgan fingerprint density at radius 1 is 0.318 bits per heavy atom. The van der Waals surface area contributed by atoms with E-state index >= 15 is 0 Å². The molecule has 0 saturated heterocycles. The molecule has 0 radical (unpaired) electrons. The molecule has 0 aromatic heterocycles. The number of aliphatic hydroxyl groups excluding tert-OH is 2. The van der Waals surface area contributed by atoms with Crippen molar-refractivity contribution in [3.05, 3.63) is 253 Å². The van der Waals surface area contributed by atoms with Crippen molar-refractivity contribution in [2.75, 3.05) is 0 Å². The van der Waals surface area contributed by atoms with Gasteiger partial charge in [0.25, 0.3) is 0 Å². The van der Waals surface area contributed by atoms with Crippen molar-refractivity contribution < 1.29 is 28.4 Å². The fourth-order valence-corrected chi connectivity index (χ4v) is 13.4. The summed E-state index contributed by atoms with van der Waals surface area (Å²) in [7, 11) is -6.99. The Morgan fingerprint density at radius 3 is 0.955 bits per heavy atom. The zero-order valence-corrected chi connectivity index (χ0v) is 37.3. The van der Waals surface area contributed by atoms with Crippen molar-refractivity contribution in [2.24, 2.45) is 0 Å². The first-order chi connectivity index (χ1) is 32.3. The Labute approximate surface area is 382 Å². The molecule has 0 fully saturated rings. The first-order valence-corrected chi connectivity index (χ1v) is 25.0. The van der Waals surface area contributed by atoms with E-state index < -0.39 is 26.9 Å². The van der Waals surface area contributed by atoms with Crippen LogP contribution in [0.15, 0.2) is 231 Å². The highest BCUT2D eigenvalue weighted by Gasteiger charge is 2.32. The van der Waals surface area contributed by atoms with Gasteiger partial charge >= 0.3 is 14.7 Å². The van der Waals surface area contributed by atoms with Gasteiger partial charge in [0.05, 0.1) is 21.2 Å². The van der Waals surface area contributed by atoms with E-state index in [1.807, 2.05) is 182 Å². The van der Waals surface area contributed by atoms with E-state index in [-0.39, 0.29) is 0 Å². The van der Waals surface area contributed by atoms with Crippen molar-refractivity contribution >= 4 is 79.0 Å². The molecule has 11 rings (SSSR count). The predicted molar refractivity (Wildman–Crippen MR) is 269 cm³/mol. The summed E-state index contributed by atoms with van der Waals surface area (Å²) in [4.78, 5) is 0. The molecular formula is C58H42O6P2. The first kappa shape index (κ1) is 41.4. The van der Waals surface area contributed by atoms with Crippen LogP contribution in [0.4, 0.5) is 0 Å². The average Bonchev–Trinajstić information content (AvgIpc) is 3.38. The summed E-state index contributed by atoms with van der Waals surface area (Å²) in [5.41, 5.74) is 2.79. The highest BCUT2D eigenvalue weighted by Crippen LogP contribution is 2.49. The van der Waals surface area contributed by atoms with Crippen LogP contribution in [0.5, 0.6) is 11.5 Å². The van der Waals surface area contributed by atoms with Gasteiger partial charge in [0.1, 0.15) is 23.7 Å². The topological polar surface area (TPSA) is 93.1 Å². The van der Waals surface area contributed by atoms with Crippen LogP contribution in [-0.2, 0) is 9.13 Å². The summed E-state index contributed by atoms with van der Waals surface area (Å²) in [6, 6.07) is 71.8. The molecule has 2 N–H and O–H groups in total. The highest BCUT2D eigenvalue weighted by atomic mass is 31.2. The smallest absolute Gasteiger partial charge is 0.306 e. The maximum absolute atomic E-state index is 14.7. The number of hydrogen-bond donors (Lipinski definition) is 2. The van der Waals surface area contributed by atoms with Crippen LogP contribution < -0.4 is 30.3 Å². The highest BCUT2D eigenvalue weighted by molar-refractivity contribution is 7.75. The van der Waals surface area contributed by atoms with Gasteiger partial charge in [0.15, 0.2) is 0 Å². The zero-order chi connectivity index (χ0) is 44.8. The van der Waals surface area contributed by atoms with Gasteiger partial charge in [-0.05, 0) is 138 Å². The molecule has 0 amide bonds. The van der Waals surface area contributed by atoms with Gasteiger partial charge in [-0.25, -0.2) is 0 Å². The molecule has 6 nitrogen and oxygen atoms in total. The van der Waals surface area contributed by atoms with Gasteiger partial charge in [-0.15, -0.1) is 0 Å². The SMILES string of the molecule is O=P(Oc1ccc(C(O)c2ccc3cccc4c5c(C(O)c6ccc(OP(=O)(c7ccccc7)c7ccccc7)cc6)ccc6cccc(c2c34)c65)cc1)(c1ccccc1)c1ccccc1. The third-order valence-electron chi connectivity index (χ3n) is 12.5. The van der Waals surface area contributed by atoms with Crippen LogP contribution in [0.3, 0.4) is 0 Å². The first-order valence-electron chi connectivity index (χ1n) is 21.8. The van der Waals surface area contributed by atoms with Crippen molar-refractivity contribution in [3.8, 4) is 11.5 Å². The van der Waals surface area contributed by atoms with E-state index in [2.05, 4.69) is 24.3 Å². The number of aliphatic hydroxyl groups is 2. The van der Waals surface area contributed by atoms with Gasteiger partial charge in [-0.3, -0.25) is 9.13 Å². The number of benzene rings is 11. The van der Waals surface area contributed by atoms with E-state index in [0.717, 1.165) is 54.2 Å². The van der Waals surface area contributed by atoms with Crippen LogP contribution in [0.2, 0.25) is 0 Å². The zero-order valence-electron chi connectivity index (χ0n) is 35.5. The molecule has 320 valence electrons. The lowest BCUT2D eigenvalue weighted by molar-refractivity contribution is 0.221. The van der Waals surface area contributed by atoms with Gasteiger partial charge in [0, 0.05) is 0 Å². The van der Waals surface area contributed by atoms with Crippen LogP contribution in [0.1, 0.15) is 34.5 Å². The second kappa shape index (κ2) is 16.9. The molecule has 66 heavy (non-hydrogen) atoms.